The van der Waals surface area contributed by atoms with Crippen LogP contribution >= 0.6 is 0 Å². The summed E-state index contributed by atoms with van der Waals surface area (Å²) < 4.78 is 24.8. The molecule has 1 radical (unpaired) electrons. The highest BCUT2D eigenvalue weighted by Crippen LogP contribution is 2.24. The number of hydrogen-bond acceptors (Lipinski definition) is 1. The third-order valence-corrected chi connectivity index (χ3v) is 1.83. The topological polar surface area (TPSA) is 12.9 Å². The molecule has 0 fully saturated rings. The molecule has 13 heavy (non-hydrogen) atoms. The molecule has 0 bridgehead atoms. The summed E-state index contributed by atoms with van der Waals surface area (Å²) in [4.78, 5) is 3.60. The third kappa shape index (κ3) is 1.37. The highest BCUT2D eigenvalue weighted by atomic mass is 19.3. The van der Waals surface area contributed by atoms with Gasteiger partial charge in [-0.25, -0.2) is 8.78 Å². The highest BCUT2D eigenvalue weighted by molar-refractivity contribution is 5.83. The maximum Gasteiger partial charge on any atom is 0.280 e. The van der Waals surface area contributed by atoms with Crippen molar-refractivity contribution < 1.29 is 8.78 Å². The predicted molar refractivity (Wildman–Crippen MR) is 45.5 cm³/mol. The number of nitrogens with zero attached hydrogens (tertiary/aromatic N) is 1. The van der Waals surface area contributed by atoms with E-state index in [9.17, 15) is 8.78 Å². The Balaban J connectivity index is 2.76. The summed E-state index contributed by atoms with van der Waals surface area (Å²) in [5, 5.41) is 1.15. The van der Waals surface area contributed by atoms with Crippen LogP contribution in [-0.2, 0) is 0 Å². The number of hydrogen-bond donors (Lipinski definition) is 0. The molecular weight excluding hydrogens is 172 g/mol. The first-order valence-corrected chi connectivity index (χ1v) is 3.82. The van der Waals surface area contributed by atoms with Gasteiger partial charge in [0.15, 0.2) is 0 Å². The molecule has 0 saturated heterocycles. The van der Waals surface area contributed by atoms with Crippen molar-refractivity contribution in [3.63, 3.8) is 0 Å². The van der Waals surface area contributed by atoms with Crippen molar-refractivity contribution in [2.75, 3.05) is 0 Å². The summed E-state index contributed by atoms with van der Waals surface area (Å²) in [6, 6.07) is 9.66. The second-order valence-corrected chi connectivity index (χ2v) is 2.63. The highest BCUT2D eigenvalue weighted by Gasteiger charge is 2.11. The molecule has 0 atom stereocenters. The first kappa shape index (κ1) is 8.10. The van der Waals surface area contributed by atoms with Crippen LogP contribution in [0.1, 0.15) is 12.1 Å². The zero-order chi connectivity index (χ0) is 9.26. The minimum Gasteiger partial charge on any atom is -0.254 e. The summed E-state index contributed by atoms with van der Waals surface area (Å²) >= 11 is 0. The van der Waals surface area contributed by atoms with Gasteiger partial charge < -0.3 is 0 Å². The molecule has 2 aromatic rings. The summed E-state index contributed by atoms with van der Waals surface area (Å²) in [6.45, 7) is 0. The molecule has 0 unspecified atom stereocenters. The van der Waals surface area contributed by atoms with Crippen LogP contribution < -0.4 is 0 Å². The fraction of sp³-hybridized carbons (Fsp3) is 0.100. The molecule has 1 heterocycles. The summed E-state index contributed by atoms with van der Waals surface area (Å²) in [5.74, 6) is 0. The molecule has 65 valence electrons. The normalized spacial score (nSPS) is 11.0. The van der Waals surface area contributed by atoms with Crippen LogP contribution in [0.3, 0.4) is 0 Å². The molecule has 0 saturated carbocycles. The number of fused-ring (bicyclic) bond motifs is 1. The Hall–Kier alpha value is -1.51. The fourth-order valence-corrected chi connectivity index (χ4v) is 1.25. The molecule has 0 aliphatic rings. The van der Waals surface area contributed by atoms with E-state index in [1.165, 1.54) is 6.20 Å². The SMILES string of the molecule is FC(F)c1nc[c]c2ccccc12. The molecule has 1 aromatic heterocycles. The van der Waals surface area contributed by atoms with Crippen molar-refractivity contribution in [3.05, 3.63) is 42.2 Å². The zero-order valence-corrected chi connectivity index (χ0v) is 6.67. The minimum absolute atomic E-state index is 0.172. The van der Waals surface area contributed by atoms with Crippen LogP contribution in [0.2, 0.25) is 0 Å². The second kappa shape index (κ2) is 3.09. The van der Waals surface area contributed by atoms with E-state index >= 15 is 0 Å². The lowest BCUT2D eigenvalue weighted by molar-refractivity contribution is 0.148. The van der Waals surface area contributed by atoms with Gasteiger partial charge in [-0.15, -0.1) is 0 Å². The number of halogens is 2. The minimum atomic E-state index is -2.53. The standard InChI is InChI=1S/C10H6F2N/c11-10(12)9-8-4-2-1-3-7(8)5-6-13-9/h1-4,6,10H. The Morgan fingerprint density at radius 3 is 2.77 bits per heavy atom. The molecule has 3 heteroatoms. The van der Waals surface area contributed by atoms with Gasteiger partial charge in [-0.1, -0.05) is 24.3 Å². The van der Waals surface area contributed by atoms with Gasteiger partial charge in [-0.3, -0.25) is 4.98 Å². The molecule has 0 N–H and O–H groups in total. The molecule has 2 rings (SSSR count). The van der Waals surface area contributed by atoms with Crippen molar-refractivity contribution in [3.8, 4) is 0 Å². The lowest BCUT2D eigenvalue weighted by atomic mass is 10.1. The maximum atomic E-state index is 12.4. The van der Waals surface area contributed by atoms with Gasteiger partial charge in [0.25, 0.3) is 6.43 Å². The number of pyridine rings is 1. The first-order chi connectivity index (χ1) is 6.29. The monoisotopic (exact) mass is 178 g/mol. The van der Waals surface area contributed by atoms with Crippen LogP contribution in [-0.4, -0.2) is 4.98 Å². The van der Waals surface area contributed by atoms with Crippen molar-refractivity contribution in [2.45, 2.75) is 6.43 Å². The summed E-state index contributed by atoms with van der Waals surface area (Å²) in [6.07, 6.45) is -1.25. The van der Waals surface area contributed by atoms with Gasteiger partial charge in [0.05, 0.1) is 0 Å². The molecule has 0 spiro atoms. The first-order valence-electron chi connectivity index (χ1n) is 3.82. The van der Waals surface area contributed by atoms with E-state index in [1.807, 2.05) is 0 Å². The summed E-state index contributed by atoms with van der Waals surface area (Å²) in [7, 11) is 0. The maximum absolute atomic E-state index is 12.4. The third-order valence-electron chi connectivity index (χ3n) is 1.83. The van der Waals surface area contributed by atoms with E-state index in [1.54, 1.807) is 24.3 Å². The molecular formula is C10H6F2N. The molecule has 0 aliphatic carbocycles. The molecule has 1 nitrogen and oxygen atoms in total. The van der Waals surface area contributed by atoms with Crippen LogP contribution in [0.5, 0.6) is 0 Å². The van der Waals surface area contributed by atoms with Crippen LogP contribution in [0.25, 0.3) is 10.8 Å². The number of rotatable bonds is 1. The quantitative estimate of drug-likeness (QED) is 0.654. The van der Waals surface area contributed by atoms with Gasteiger partial charge in [0, 0.05) is 17.6 Å². The Kier molecular flexibility index (Phi) is 1.93. The van der Waals surface area contributed by atoms with E-state index < -0.39 is 6.43 Å². The Morgan fingerprint density at radius 2 is 2.00 bits per heavy atom. The average Bonchev–Trinajstić information content (AvgIpc) is 2.17. The van der Waals surface area contributed by atoms with E-state index in [2.05, 4.69) is 11.1 Å². The van der Waals surface area contributed by atoms with Gasteiger partial charge in [0.1, 0.15) is 5.69 Å². The van der Waals surface area contributed by atoms with Crippen LogP contribution in [0.4, 0.5) is 8.78 Å². The predicted octanol–water partition coefficient (Wildman–Crippen LogP) is 2.97. The molecule has 0 amide bonds. The van der Waals surface area contributed by atoms with Gasteiger partial charge in [-0.2, -0.15) is 0 Å². The van der Waals surface area contributed by atoms with E-state index in [-0.39, 0.29) is 5.69 Å². The van der Waals surface area contributed by atoms with E-state index in [4.69, 9.17) is 0 Å². The van der Waals surface area contributed by atoms with Crippen LogP contribution in [0.15, 0.2) is 30.5 Å². The van der Waals surface area contributed by atoms with Crippen molar-refractivity contribution in [2.24, 2.45) is 0 Å². The van der Waals surface area contributed by atoms with Gasteiger partial charge in [-0.05, 0) is 5.39 Å². The zero-order valence-electron chi connectivity index (χ0n) is 6.67. The number of alkyl halides is 2. The van der Waals surface area contributed by atoms with Crippen LogP contribution in [0, 0.1) is 6.07 Å². The van der Waals surface area contributed by atoms with Crippen molar-refractivity contribution >= 4 is 10.8 Å². The van der Waals surface area contributed by atoms with E-state index in [0.717, 1.165) is 0 Å². The largest absolute Gasteiger partial charge is 0.280 e. The van der Waals surface area contributed by atoms with E-state index in [0.29, 0.717) is 10.8 Å². The van der Waals surface area contributed by atoms with Gasteiger partial charge in [0.2, 0.25) is 0 Å². The average molecular weight is 178 g/mol. The number of benzene rings is 1. The molecule has 1 aromatic carbocycles. The Labute approximate surface area is 74.0 Å². The Morgan fingerprint density at radius 1 is 1.23 bits per heavy atom. The Bertz CT molecular complexity index is 421. The molecule has 0 aliphatic heterocycles. The smallest absolute Gasteiger partial charge is 0.254 e. The number of aromatic nitrogens is 1. The lowest BCUT2D eigenvalue weighted by Gasteiger charge is -2.02. The lowest BCUT2D eigenvalue weighted by Crippen LogP contribution is -1.90. The van der Waals surface area contributed by atoms with Gasteiger partial charge >= 0.3 is 0 Å². The van der Waals surface area contributed by atoms with Crippen molar-refractivity contribution in [1.82, 2.24) is 4.98 Å². The second-order valence-electron chi connectivity index (χ2n) is 2.63. The fourth-order valence-electron chi connectivity index (χ4n) is 1.25. The summed E-state index contributed by atoms with van der Waals surface area (Å²) in [5.41, 5.74) is -0.172. The van der Waals surface area contributed by atoms with Crippen molar-refractivity contribution in [1.29, 1.82) is 0 Å².